The van der Waals surface area contributed by atoms with Crippen LogP contribution in [0.1, 0.15) is 30.2 Å². The van der Waals surface area contributed by atoms with E-state index in [2.05, 4.69) is 5.32 Å². The summed E-state index contributed by atoms with van der Waals surface area (Å²) in [5, 5.41) is 2.21. The van der Waals surface area contributed by atoms with E-state index in [1.807, 2.05) is 0 Å². The second-order valence-electron chi connectivity index (χ2n) is 4.74. The summed E-state index contributed by atoms with van der Waals surface area (Å²) in [5.74, 6) is -0.713. The second kappa shape index (κ2) is 3.97. The number of hydrogen-bond donors (Lipinski definition) is 1. The summed E-state index contributed by atoms with van der Waals surface area (Å²) in [6, 6.07) is 3.19. The van der Waals surface area contributed by atoms with E-state index in [4.69, 9.17) is 4.42 Å². The molecule has 2 rings (SSSR count). The number of rotatable bonds is 1. The first-order valence-electron chi connectivity index (χ1n) is 5.55. The maximum absolute atomic E-state index is 12.2. The Kier molecular flexibility index (Phi) is 2.73. The summed E-state index contributed by atoms with van der Waals surface area (Å²) in [7, 11) is 0. The van der Waals surface area contributed by atoms with E-state index in [1.165, 1.54) is 11.0 Å². The van der Waals surface area contributed by atoms with Crippen LogP contribution in [0.25, 0.3) is 0 Å². The molecule has 0 saturated carbocycles. The van der Waals surface area contributed by atoms with E-state index in [-0.39, 0.29) is 12.3 Å². The van der Waals surface area contributed by atoms with Gasteiger partial charge < -0.3 is 9.32 Å². The van der Waals surface area contributed by atoms with Crippen molar-refractivity contribution in [1.29, 1.82) is 0 Å². The van der Waals surface area contributed by atoms with E-state index in [0.29, 0.717) is 5.76 Å². The molecule has 0 aliphatic carbocycles. The van der Waals surface area contributed by atoms with Gasteiger partial charge in [-0.15, -0.1) is 0 Å². The van der Waals surface area contributed by atoms with Gasteiger partial charge in [-0.2, -0.15) is 0 Å². The molecule has 0 atom stereocenters. The van der Waals surface area contributed by atoms with Crippen LogP contribution in [0.15, 0.2) is 16.5 Å². The lowest BCUT2D eigenvalue weighted by molar-refractivity contribution is -0.143. The maximum atomic E-state index is 12.2. The molecule has 0 aromatic carbocycles. The molecule has 3 amide bonds. The van der Waals surface area contributed by atoms with Gasteiger partial charge >= 0.3 is 0 Å². The number of furan rings is 1. The lowest BCUT2D eigenvalue weighted by Gasteiger charge is -2.39. The van der Waals surface area contributed by atoms with Gasteiger partial charge in [0.25, 0.3) is 11.8 Å². The van der Waals surface area contributed by atoms with E-state index in [1.54, 1.807) is 26.8 Å². The van der Waals surface area contributed by atoms with Crippen molar-refractivity contribution in [3.8, 4) is 0 Å². The van der Waals surface area contributed by atoms with Crippen LogP contribution < -0.4 is 5.32 Å². The van der Waals surface area contributed by atoms with Crippen molar-refractivity contribution in [3.05, 3.63) is 23.7 Å². The molecule has 18 heavy (non-hydrogen) atoms. The monoisotopic (exact) mass is 250 g/mol. The Labute approximate surface area is 104 Å². The Morgan fingerprint density at radius 2 is 2.06 bits per heavy atom. The van der Waals surface area contributed by atoms with Crippen LogP contribution in [0.2, 0.25) is 0 Å². The van der Waals surface area contributed by atoms with Crippen molar-refractivity contribution in [2.24, 2.45) is 0 Å². The van der Waals surface area contributed by atoms with Crippen LogP contribution in [0, 0.1) is 6.92 Å². The number of hydrogen-bond acceptors (Lipinski definition) is 4. The minimum absolute atomic E-state index is 0.128. The van der Waals surface area contributed by atoms with Crippen molar-refractivity contribution in [2.75, 3.05) is 6.54 Å². The Morgan fingerprint density at radius 3 is 2.61 bits per heavy atom. The van der Waals surface area contributed by atoms with Crippen molar-refractivity contribution >= 4 is 17.7 Å². The third-order valence-electron chi connectivity index (χ3n) is 2.98. The molecule has 6 nitrogen and oxygen atoms in total. The molecule has 96 valence electrons. The molecule has 0 unspecified atom stereocenters. The van der Waals surface area contributed by atoms with Gasteiger partial charge in [0.2, 0.25) is 5.91 Å². The lowest BCUT2D eigenvalue weighted by Crippen LogP contribution is -2.65. The summed E-state index contributed by atoms with van der Waals surface area (Å²) < 4.78 is 5.23. The minimum Gasteiger partial charge on any atom is -0.456 e. The van der Waals surface area contributed by atoms with E-state index < -0.39 is 23.3 Å². The molecular weight excluding hydrogens is 236 g/mol. The Balaban J connectivity index is 2.33. The average molecular weight is 250 g/mol. The molecular formula is C12H14N2O4. The van der Waals surface area contributed by atoms with Crippen LogP contribution in [0.4, 0.5) is 0 Å². The highest BCUT2D eigenvalue weighted by atomic mass is 16.4. The maximum Gasteiger partial charge on any atom is 0.290 e. The molecule has 2 heterocycles. The van der Waals surface area contributed by atoms with Gasteiger partial charge in [0.1, 0.15) is 17.8 Å². The first-order valence-corrected chi connectivity index (χ1v) is 5.55. The standard InChI is InChI=1S/C12H14N2O4/c1-7-4-5-8(18-7)10(16)14-6-9(15)13-11(17)12(14,2)3/h4-5H,6H2,1-3H3,(H,13,15,17). The number of carbonyl (C=O) groups is 3. The Morgan fingerprint density at radius 1 is 1.39 bits per heavy atom. The topological polar surface area (TPSA) is 79.6 Å². The number of aryl methyl sites for hydroxylation is 1. The molecule has 1 saturated heterocycles. The third-order valence-corrected chi connectivity index (χ3v) is 2.98. The van der Waals surface area contributed by atoms with Crippen molar-refractivity contribution < 1.29 is 18.8 Å². The molecule has 1 aliphatic rings. The highest BCUT2D eigenvalue weighted by Gasteiger charge is 2.44. The summed E-state index contributed by atoms with van der Waals surface area (Å²) >= 11 is 0. The SMILES string of the molecule is Cc1ccc(C(=O)N2CC(=O)NC(=O)C2(C)C)o1. The quantitative estimate of drug-likeness (QED) is 0.734. The normalized spacial score (nSPS) is 18.7. The first-order chi connectivity index (χ1) is 8.32. The van der Waals surface area contributed by atoms with Gasteiger partial charge in [0, 0.05) is 0 Å². The summed E-state index contributed by atoms with van der Waals surface area (Å²) in [6.07, 6.45) is 0. The zero-order valence-electron chi connectivity index (χ0n) is 10.4. The number of piperazine rings is 1. The van der Waals surface area contributed by atoms with Crippen molar-refractivity contribution in [2.45, 2.75) is 26.3 Å². The van der Waals surface area contributed by atoms with Gasteiger partial charge in [-0.25, -0.2) is 0 Å². The highest BCUT2D eigenvalue weighted by molar-refractivity contribution is 6.08. The van der Waals surface area contributed by atoms with Crippen molar-refractivity contribution in [1.82, 2.24) is 10.2 Å². The van der Waals surface area contributed by atoms with Gasteiger partial charge in [0.05, 0.1) is 0 Å². The largest absolute Gasteiger partial charge is 0.456 e. The van der Waals surface area contributed by atoms with Crippen molar-refractivity contribution in [3.63, 3.8) is 0 Å². The predicted octanol–water partition coefficient (Wildman–Crippen LogP) is 0.465. The number of imide groups is 1. The number of nitrogens with zero attached hydrogens (tertiary/aromatic N) is 1. The van der Waals surface area contributed by atoms with Gasteiger partial charge in [0.15, 0.2) is 5.76 Å². The number of nitrogens with one attached hydrogen (secondary N) is 1. The molecule has 1 aromatic rings. The average Bonchev–Trinajstić information content (AvgIpc) is 2.70. The fourth-order valence-electron chi connectivity index (χ4n) is 1.79. The smallest absolute Gasteiger partial charge is 0.290 e. The summed E-state index contributed by atoms with van der Waals surface area (Å²) in [5.41, 5.74) is -1.08. The van der Waals surface area contributed by atoms with Gasteiger partial charge in [-0.05, 0) is 32.9 Å². The first kappa shape index (κ1) is 12.3. The van der Waals surface area contributed by atoms with Gasteiger partial charge in [-0.1, -0.05) is 0 Å². The molecule has 0 radical (unpaired) electrons. The van der Waals surface area contributed by atoms with Crippen LogP contribution in [-0.2, 0) is 9.59 Å². The molecule has 1 fully saturated rings. The van der Waals surface area contributed by atoms with Crippen LogP contribution in [-0.4, -0.2) is 34.7 Å². The molecule has 1 aromatic heterocycles. The molecule has 6 heteroatoms. The molecule has 1 aliphatic heterocycles. The predicted molar refractivity (Wildman–Crippen MR) is 61.7 cm³/mol. The number of amides is 3. The Hall–Kier alpha value is -2.11. The van der Waals surface area contributed by atoms with E-state index in [0.717, 1.165) is 0 Å². The third kappa shape index (κ3) is 1.90. The zero-order chi connectivity index (χ0) is 13.5. The fraction of sp³-hybridized carbons (Fsp3) is 0.417. The molecule has 0 bridgehead atoms. The lowest BCUT2D eigenvalue weighted by atomic mass is 9.98. The zero-order valence-corrected chi connectivity index (χ0v) is 10.4. The number of carbonyl (C=O) groups excluding carboxylic acids is 3. The van der Waals surface area contributed by atoms with Crippen LogP contribution in [0.3, 0.4) is 0 Å². The van der Waals surface area contributed by atoms with E-state index in [9.17, 15) is 14.4 Å². The molecule has 1 N–H and O–H groups in total. The second-order valence-corrected chi connectivity index (χ2v) is 4.74. The highest BCUT2D eigenvalue weighted by Crippen LogP contribution is 2.21. The van der Waals surface area contributed by atoms with Gasteiger partial charge in [-0.3, -0.25) is 19.7 Å². The summed E-state index contributed by atoms with van der Waals surface area (Å²) in [6.45, 7) is 4.73. The van der Waals surface area contributed by atoms with Crippen LogP contribution >= 0.6 is 0 Å². The molecule has 0 spiro atoms. The Bertz CT molecular complexity index is 530. The fourth-order valence-corrected chi connectivity index (χ4v) is 1.79. The summed E-state index contributed by atoms with van der Waals surface area (Å²) in [4.78, 5) is 36.5. The minimum atomic E-state index is -1.08. The van der Waals surface area contributed by atoms with Crippen LogP contribution in [0.5, 0.6) is 0 Å². The van der Waals surface area contributed by atoms with E-state index >= 15 is 0 Å².